The van der Waals surface area contributed by atoms with Gasteiger partial charge < -0.3 is 11.1 Å². The third-order valence-corrected chi connectivity index (χ3v) is 6.31. The molecule has 2 amide bonds. The van der Waals surface area contributed by atoms with Gasteiger partial charge in [-0.25, -0.2) is 0 Å². The number of rotatable bonds is 6. The number of amides is 2. The van der Waals surface area contributed by atoms with E-state index in [1.165, 1.54) is 16.0 Å². The fourth-order valence-corrected chi connectivity index (χ4v) is 4.76. The summed E-state index contributed by atoms with van der Waals surface area (Å²) in [5.41, 5.74) is 6.56. The lowest BCUT2D eigenvalue weighted by molar-refractivity contribution is -0.142. The van der Waals surface area contributed by atoms with Crippen molar-refractivity contribution < 1.29 is 22.8 Å². The zero-order chi connectivity index (χ0) is 21.3. The smallest absolute Gasteiger partial charge is 0.365 e. The number of hydrogen-bond donors (Lipinski definition) is 2. The van der Waals surface area contributed by atoms with Gasteiger partial charge in [-0.1, -0.05) is 0 Å². The number of hydrogen-bond acceptors (Lipinski definition) is 4. The average molecular weight is 428 g/mol. The van der Waals surface area contributed by atoms with Crippen LogP contribution < -0.4 is 11.1 Å². The summed E-state index contributed by atoms with van der Waals surface area (Å²) < 4.78 is 41.1. The van der Waals surface area contributed by atoms with E-state index in [-0.39, 0.29) is 18.9 Å². The third kappa shape index (κ3) is 4.47. The minimum absolute atomic E-state index is 0.101. The van der Waals surface area contributed by atoms with Gasteiger partial charge >= 0.3 is 6.18 Å². The predicted octanol–water partition coefficient (Wildman–Crippen LogP) is 3.98. The van der Waals surface area contributed by atoms with Crippen molar-refractivity contribution in [3.63, 3.8) is 0 Å². The molecule has 0 fully saturated rings. The molecule has 2 aromatic rings. The second-order valence-electron chi connectivity index (χ2n) is 7.21. The molecule has 158 valence electrons. The number of nitrogens with zero attached hydrogens (tertiary/aromatic N) is 2. The normalized spacial score (nSPS) is 14.0. The molecule has 10 heteroatoms. The van der Waals surface area contributed by atoms with Gasteiger partial charge in [0.05, 0.1) is 5.56 Å². The van der Waals surface area contributed by atoms with E-state index in [0.29, 0.717) is 41.1 Å². The number of nitrogens with one attached hydrogen (secondary N) is 1. The van der Waals surface area contributed by atoms with E-state index in [4.69, 9.17) is 5.73 Å². The number of anilines is 1. The molecule has 1 aliphatic carbocycles. The Balaban J connectivity index is 1.65. The third-order valence-electron chi connectivity index (χ3n) is 5.18. The Hall–Kier alpha value is -2.36. The van der Waals surface area contributed by atoms with Gasteiger partial charge in [0.15, 0.2) is 5.69 Å². The fourth-order valence-electron chi connectivity index (χ4n) is 3.67. The lowest BCUT2D eigenvalue weighted by Crippen LogP contribution is -2.18. The highest BCUT2D eigenvalue weighted by molar-refractivity contribution is 7.16. The molecule has 0 radical (unpaired) electrons. The van der Waals surface area contributed by atoms with Crippen LogP contribution in [0.2, 0.25) is 0 Å². The van der Waals surface area contributed by atoms with Crippen LogP contribution >= 0.6 is 11.3 Å². The molecule has 3 N–H and O–H groups in total. The molecule has 2 heterocycles. The predicted molar refractivity (Wildman–Crippen MR) is 104 cm³/mol. The first kappa shape index (κ1) is 21.4. The second kappa shape index (κ2) is 8.17. The number of thiophene rings is 1. The number of aryl methyl sites for hydroxylation is 2. The number of carbonyl (C=O) groups excluding carboxylic acids is 2. The molecule has 0 aromatic carbocycles. The van der Waals surface area contributed by atoms with Crippen LogP contribution in [-0.4, -0.2) is 21.6 Å². The first-order valence-electron chi connectivity index (χ1n) is 9.45. The summed E-state index contributed by atoms with van der Waals surface area (Å²) in [5, 5.41) is 6.91. The van der Waals surface area contributed by atoms with Crippen LogP contribution in [0.5, 0.6) is 0 Å². The number of halogens is 3. The van der Waals surface area contributed by atoms with E-state index in [0.717, 1.165) is 23.3 Å². The molecule has 3 rings (SSSR count). The summed E-state index contributed by atoms with van der Waals surface area (Å²) in [5.74, 6) is -0.921. The van der Waals surface area contributed by atoms with Crippen LogP contribution in [-0.2, 0) is 30.4 Å². The molecule has 29 heavy (non-hydrogen) atoms. The van der Waals surface area contributed by atoms with Crippen molar-refractivity contribution in [1.29, 1.82) is 0 Å². The lowest BCUT2D eigenvalue weighted by atomic mass is 9.95. The Morgan fingerprint density at radius 1 is 1.24 bits per heavy atom. The SMILES string of the molecule is Cc1sc(NC(=O)CCCn2nc(C(F)(F)F)c3c2CCCC3)c(C(N)=O)c1C. The van der Waals surface area contributed by atoms with Crippen LogP contribution in [0.15, 0.2) is 0 Å². The topological polar surface area (TPSA) is 90.0 Å². The molecule has 0 bridgehead atoms. The molecule has 0 saturated carbocycles. The van der Waals surface area contributed by atoms with Gasteiger partial charge in [0.25, 0.3) is 5.91 Å². The first-order chi connectivity index (χ1) is 13.6. The lowest BCUT2D eigenvalue weighted by Gasteiger charge is -2.14. The minimum Gasteiger partial charge on any atom is -0.365 e. The summed E-state index contributed by atoms with van der Waals surface area (Å²) in [6.45, 7) is 3.83. The van der Waals surface area contributed by atoms with E-state index < -0.39 is 17.8 Å². The van der Waals surface area contributed by atoms with Gasteiger partial charge in [-0.3, -0.25) is 14.3 Å². The number of carbonyl (C=O) groups is 2. The quantitative estimate of drug-likeness (QED) is 0.729. The summed E-state index contributed by atoms with van der Waals surface area (Å²) >= 11 is 1.28. The van der Waals surface area contributed by atoms with Crippen molar-refractivity contribution in [3.8, 4) is 0 Å². The molecule has 0 aliphatic heterocycles. The maximum Gasteiger partial charge on any atom is 0.435 e. The van der Waals surface area contributed by atoms with Crippen LogP contribution in [0, 0.1) is 13.8 Å². The van der Waals surface area contributed by atoms with Crippen molar-refractivity contribution >= 4 is 28.2 Å². The molecule has 1 aliphatic rings. The highest BCUT2D eigenvalue weighted by atomic mass is 32.1. The molecule has 0 atom stereocenters. The highest BCUT2D eigenvalue weighted by Gasteiger charge is 2.39. The van der Waals surface area contributed by atoms with Crippen molar-refractivity contribution in [2.45, 2.75) is 65.1 Å². The first-order valence-corrected chi connectivity index (χ1v) is 10.3. The monoisotopic (exact) mass is 428 g/mol. The fraction of sp³-hybridized carbons (Fsp3) is 0.526. The van der Waals surface area contributed by atoms with Gasteiger partial charge in [0, 0.05) is 29.1 Å². The molecule has 2 aromatic heterocycles. The minimum atomic E-state index is -4.47. The Morgan fingerprint density at radius 3 is 2.59 bits per heavy atom. The molecule has 0 spiro atoms. The standard InChI is InChI=1S/C19H23F3N4O2S/c1-10-11(2)29-18(15(10)17(23)28)24-14(27)8-5-9-26-13-7-4-3-6-12(13)16(25-26)19(20,21)22/h3-9H2,1-2H3,(H2,23,28)(H,24,27). The maximum absolute atomic E-state index is 13.2. The number of primary amides is 1. The summed E-state index contributed by atoms with van der Waals surface area (Å²) in [6, 6.07) is 0. The van der Waals surface area contributed by atoms with Crippen molar-refractivity contribution in [2.24, 2.45) is 5.73 Å². The summed E-state index contributed by atoms with van der Waals surface area (Å²) in [4.78, 5) is 24.8. The Morgan fingerprint density at radius 2 is 1.93 bits per heavy atom. The summed E-state index contributed by atoms with van der Waals surface area (Å²) in [7, 11) is 0. The van der Waals surface area contributed by atoms with Gasteiger partial charge in [0.1, 0.15) is 5.00 Å². The maximum atomic E-state index is 13.2. The number of alkyl halides is 3. The van der Waals surface area contributed by atoms with Crippen LogP contribution in [0.25, 0.3) is 0 Å². The zero-order valence-electron chi connectivity index (χ0n) is 16.3. The molecule has 0 unspecified atom stereocenters. The molecular weight excluding hydrogens is 405 g/mol. The van der Waals surface area contributed by atoms with E-state index in [9.17, 15) is 22.8 Å². The van der Waals surface area contributed by atoms with Crippen molar-refractivity contribution in [3.05, 3.63) is 33.0 Å². The van der Waals surface area contributed by atoms with E-state index >= 15 is 0 Å². The molecular formula is C19H23F3N4O2S. The van der Waals surface area contributed by atoms with Gasteiger partial charge in [-0.15, -0.1) is 11.3 Å². The molecule has 0 saturated heterocycles. The largest absolute Gasteiger partial charge is 0.435 e. The van der Waals surface area contributed by atoms with Crippen LogP contribution in [0.3, 0.4) is 0 Å². The second-order valence-corrected chi connectivity index (χ2v) is 8.43. The van der Waals surface area contributed by atoms with E-state index in [1.807, 2.05) is 6.92 Å². The number of aromatic nitrogens is 2. The van der Waals surface area contributed by atoms with Gasteiger partial charge in [0.2, 0.25) is 5.91 Å². The Bertz CT molecular complexity index is 946. The van der Waals surface area contributed by atoms with Crippen LogP contribution in [0.1, 0.15) is 63.4 Å². The summed E-state index contributed by atoms with van der Waals surface area (Å²) in [6.07, 6.45) is -1.51. The van der Waals surface area contributed by atoms with Crippen molar-refractivity contribution in [1.82, 2.24) is 9.78 Å². The van der Waals surface area contributed by atoms with E-state index in [2.05, 4.69) is 10.4 Å². The Kier molecular flexibility index (Phi) is 6.02. The Labute approximate surface area is 170 Å². The zero-order valence-corrected chi connectivity index (χ0v) is 17.1. The highest BCUT2D eigenvalue weighted by Crippen LogP contribution is 2.36. The van der Waals surface area contributed by atoms with Crippen LogP contribution in [0.4, 0.5) is 18.2 Å². The van der Waals surface area contributed by atoms with E-state index in [1.54, 1.807) is 6.92 Å². The average Bonchev–Trinajstić information content (AvgIpc) is 3.13. The van der Waals surface area contributed by atoms with Gasteiger partial charge in [-0.2, -0.15) is 18.3 Å². The van der Waals surface area contributed by atoms with Crippen molar-refractivity contribution in [2.75, 3.05) is 5.32 Å². The number of fused-ring (bicyclic) bond motifs is 1. The van der Waals surface area contributed by atoms with Gasteiger partial charge in [-0.05, 0) is 51.5 Å². The molecule has 6 nitrogen and oxygen atoms in total. The number of nitrogens with two attached hydrogens (primary N) is 1.